The molecule has 0 heterocycles. The zero-order valence-corrected chi connectivity index (χ0v) is 10.1. The van der Waals surface area contributed by atoms with Crippen LogP contribution in [0.25, 0.3) is 0 Å². The minimum absolute atomic E-state index is 0.0738. The molecule has 2 unspecified atom stereocenters. The standard InChI is InChI=1S/C8H14BrF3S/c1-3-7(6(2)9)4-5-13-8(10,11)12/h6-7H,3-5H2,1-2H3. The summed E-state index contributed by atoms with van der Waals surface area (Å²) in [5.41, 5.74) is -4.08. The van der Waals surface area contributed by atoms with Gasteiger partial charge in [0.1, 0.15) is 0 Å². The Hall–Kier alpha value is 0.620. The van der Waals surface area contributed by atoms with Crippen molar-refractivity contribution in [2.75, 3.05) is 5.75 Å². The molecular formula is C8H14BrF3S. The molecule has 0 saturated heterocycles. The van der Waals surface area contributed by atoms with Crippen molar-refractivity contribution in [2.45, 2.75) is 37.0 Å². The Bertz CT molecular complexity index is 136. The second kappa shape index (κ2) is 6.17. The maximum Gasteiger partial charge on any atom is 0.441 e. The van der Waals surface area contributed by atoms with Crippen molar-refractivity contribution in [3.05, 3.63) is 0 Å². The van der Waals surface area contributed by atoms with Gasteiger partial charge < -0.3 is 0 Å². The van der Waals surface area contributed by atoms with Crippen molar-refractivity contribution >= 4 is 27.7 Å². The lowest BCUT2D eigenvalue weighted by atomic mass is 10.0. The van der Waals surface area contributed by atoms with Gasteiger partial charge in [0.15, 0.2) is 0 Å². The zero-order valence-electron chi connectivity index (χ0n) is 7.70. The predicted octanol–water partition coefficient (Wildman–Crippen LogP) is 4.44. The second-order valence-electron chi connectivity index (χ2n) is 2.93. The molecule has 2 atom stereocenters. The molecule has 0 radical (unpaired) electrons. The van der Waals surface area contributed by atoms with E-state index in [1.54, 1.807) is 0 Å². The molecule has 0 aliphatic rings. The van der Waals surface area contributed by atoms with Crippen molar-refractivity contribution in [3.8, 4) is 0 Å². The number of halogens is 4. The number of alkyl halides is 4. The van der Waals surface area contributed by atoms with E-state index in [4.69, 9.17) is 0 Å². The highest BCUT2D eigenvalue weighted by atomic mass is 79.9. The van der Waals surface area contributed by atoms with Gasteiger partial charge in [0.25, 0.3) is 0 Å². The lowest BCUT2D eigenvalue weighted by Crippen LogP contribution is -2.12. The lowest BCUT2D eigenvalue weighted by Gasteiger charge is -2.17. The summed E-state index contributed by atoms with van der Waals surface area (Å²) in [6, 6.07) is 0. The lowest BCUT2D eigenvalue weighted by molar-refractivity contribution is -0.0328. The molecule has 0 saturated carbocycles. The van der Waals surface area contributed by atoms with E-state index in [0.29, 0.717) is 17.2 Å². The Morgan fingerprint density at radius 3 is 2.23 bits per heavy atom. The molecule has 0 aliphatic carbocycles. The molecule has 0 amide bonds. The molecule has 13 heavy (non-hydrogen) atoms. The van der Waals surface area contributed by atoms with Gasteiger partial charge in [-0.15, -0.1) is 0 Å². The van der Waals surface area contributed by atoms with E-state index >= 15 is 0 Å². The summed E-state index contributed by atoms with van der Waals surface area (Å²) in [6.07, 6.45) is 1.54. The average molecular weight is 279 g/mol. The Labute approximate surface area is 89.8 Å². The van der Waals surface area contributed by atoms with Gasteiger partial charge in [0.05, 0.1) is 0 Å². The summed E-state index contributed by atoms with van der Waals surface area (Å²) in [6.45, 7) is 3.98. The fourth-order valence-electron chi connectivity index (χ4n) is 1.08. The molecule has 0 nitrogen and oxygen atoms in total. The average Bonchev–Trinajstić information content (AvgIpc) is 1.95. The number of thioether (sulfide) groups is 1. The topological polar surface area (TPSA) is 0 Å². The third-order valence-corrected chi connectivity index (χ3v) is 3.44. The van der Waals surface area contributed by atoms with E-state index in [9.17, 15) is 13.2 Å². The van der Waals surface area contributed by atoms with Gasteiger partial charge in [-0.3, -0.25) is 0 Å². The third-order valence-electron chi connectivity index (χ3n) is 1.93. The molecule has 80 valence electrons. The van der Waals surface area contributed by atoms with Crippen molar-refractivity contribution in [1.29, 1.82) is 0 Å². The highest BCUT2D eigenvalue weighted by molar-refractivity contribution is 9.09. The fourth-order valence-corrected chi connectivity index (χ4v) is 2.37. The van der Waals surface area contributed by atoms with Crippen LogP contribution >= 0.6 is 27.7 Å². The molecule has 0 aromatic heterocycles. The summed E-state index contributed by atoms with van der Waals surface area (Å²) in [5.74, 6) is 0.507. The summed E-state index contributed by atoms with van der Waals surface area (Å²) < 4.78 is 35.3. The number of hydrogen-bond acceptors (Lipinski definition) is 1. The van der Waals surface area contributed by atoms with Gasteiger partial charge in [-0.05, 0) is 12.3 Å². The van der Waals surface area contributed by atoms with Gasteiger partial charge in [-0.1, -0.05) is 48.0 Å². The van der Waals surface area contributed by atoms with Gasteiger partial charge in [0, 0.05) is 10.6 Å². The fraction of sp³-hybridized carbons (Fsp3) is 1.00. The second-order valence-corrected chi connectivity index (χ2v) is 5.53. The first-order chi connectivity index (χ1) is 5.87. The SMILES string of the molecule is CCC(CCSC(F)(F)F)C(C)Br. The number of rotatable bonds is 5. The molecule has 0 aliphatic heterocycles. The molecule has 5 heteroatoms. The van der Waals surface area contributed by atoms with Crippen LogP contribution in [-0.2, 0) is 0 Å². The van der Waals surface area contributed by atoms with E-state index in [0.717, 1.165) is 6.42 Å². The summed E-state index contributed by atoms with van der Waals surface area (Å²) in [7, 11) is 0. The Morgan fingerprint density at radius 2 is 1.92 bits per heavy atom. The van der Waals surface area contributed by atoms with E-state index in [2.05, 4.69) is 15.9 Å². The van der Waals surface area contributed by atoms with E-state index in [-0.39, 0.29) is 17.5 Å². The normalized spacial score (nSPS) is 17.1. The van der Waals surface area contributed by atoms with Crippen LogP contribution in [0.2, 0.25) is 0 Å². The molecule has 0 N–H and O–H groups in total. The predicted molar refractivity (Wildman–Crippen MR) is 55.3 cm³/mol. The van der Waals surface area contributed by atoms with Crippen LogP contribution in [0, 0.1) is 5.92 Å². The molecule has 0 rings (SSSR count). The molecule has 0 spiro atoms. The van der Waals surface area contributed by atoms with E-state index in [1.165, 1.54) is 0 Å². The highest BCUT2D eigenvalue weighted by Crippen LogP contribution is 2.32. The molecule has 0 bridgehead atoms. The van der Waals surface area contributed by atoms with Gasteiger partial charge >= 0.3 is 5.51 Å². The Balaban J connectivity index is 3.62. The van der Waals surface area contributed by atoms with E-state index < -0.39 is 5.51 Å². The van der Waals surface area contributed by atoms with Crippen molar-refractivity contribution in [1.82, 2.24) is 0 Å². The van der Waals surface area contributed by atoms with Crippen LogP contribution in [0.1, 0.15) is 26.7 Å². The Kier molecular flexibility index (Phi) is 6.46. The van der Waals surface area contributed by atoms with Crippen LogP contribution in [0.15, 0.2) is 0 Å². The van der Waals surface area contributed by atoms with Crippen LogP contribution in [0.3, 0.4) is 0 Å². The first kappa shape index (κ1) is 13.6. The molecule has 0 aromatic rings. The van der Waals surface area contributed by atoms with Crippen molar-refractivity contribution in [2.24, 2.45) is 5.92 Å². The van der Waals surface area contributed by atoms with Crippen LogP contribution < -0.4 is 0 Å². The van der Waals surface area contributed by atoms with Gasteiger partial charge in [0.2, 0.25) is 0 Å². The minimum Gasteiger partial charge on any atom is -0.160 e. The third kappa shape index (κ3) is 7.67. The van der Waals surface area contributed by atoms with Gasteiger partial charge in [-0.25, -0.2) is 0 Å². The van der Waals surface area contributed by atoms with Crippen LogP contribution in [0.4, 0.5) is 13.2 Å². The Morgan fingerprint density at radius 1 is 1.38 bits per heavy atom. The van der Waals surface area contributed by atoms with Crippen molar-refractivity contribution in [3.63, 3.8) is 0 Å². The summed E-state index contributed by atoms with van der Waals surface area (Å²) in [4.78, 5) is 0.298. The smallest absolute Gasteiger partial charge is 0.160 e. The monoisotopic (exact) mass is 278 g/mol. The molecule has 0 aromatic carbocycles. The quantitative estimate of drug-likeness (QED) is 0.670. The van der Waals surface area contributed by atoms with Gasteiger partial charge in [-0.2, -0.15) is 13.2 Å². The largest absolute Gasteiger partial charge is 0.441 e. The van der Waals surface area contributed by atoms with Crippen LogP contribution in [-0.4, -0.2) is 16.1 Å². The van der Waals surface area contributed by atoms with E-state index in [1.807, 2.05) is 13.8 Å². The number of hydrogen-bond donors (Lipinski definition) is 0. The first-order valence-electron chi connectivity index (χ1n) is 4.21. The summed E-state index contributed by atoms with van der Waals surface area (Å²) in [5, 5.41) is 0. The maximum atomic E-state index is 11.8. The van der Waals surface area contributed by atoms with Crippen molar-refractivity contribution < 1.29 is 13.2 Å². The highest BCUT2D eigenvalue weighted by Gasteiger charge is 2.28. The maximum absolute atomic E-state index is 11.8. The zero-order chi connectivity index (χ0) is 10.5. The summed E-state index contributed by atoms with van der Waals surface area (Å²) >= 11 is 3.46. The first-order valence-corrected chi connectivity index (χ1v) is 6.11. The minimum atomic E-state index is -4.08. The molecular weight excluding hydrogens is 265 g/mol. The molecule has 0 fully saturated rings. The van der Waals surface area contributed by atoms with Crippen LogP contribution in [0.5, 0.6) is 0 Å².